The fraction of sp³-hybridized carbons (Fsp3) is 0.250. The summed E-state index contributed by atoms with van der Waals surface area (Å²) in [6.45, 7) is 4.28. The second kappa shape index (κ2) is 9.90. The van der Waals surface area contributed by atoms with Crippen molar-refractivity contribution < 1.29 is 18.3 Å². The van der Waals surface area contributed by atoms with E-state index in [1.54, 1.807) is 57.6 Å². The van der Waals surface area contributed by atoms with Crippen LogP contribution in [0.3, 0.4) is 0 Å². The third kappa shape index (κ3) is 4.80. The number of aromatic nitrogens is 4. The molecule has 0 fully saturated rings. The van der Waals surface area contributed by atoms with Gasteiger partial charge in [0.2, 0.25) is 0 Å². The van der Waals surface area contributed by atoms with Gasteiger partial charge in [-0.15, -0.1) is 10.2 Å². The van der Waals surface area contributed by atoms with Gasteiger partial charge in [0.15, 0.2) is 0 Å². The van der Waals surface area contributed by atoms with Crippen molar-refractivity contribution in [2.75, 3.05) is 14.2 Å². The van der Waals surface area contributed by atoms with Gasteiger partial charge >= 0.3 is 0 Å². The molecule has 0 atom stereocenters. The number of nitrogens with zero attached hydrogens (tertiary/aromatic N) is 4. The number of ether oxygens (including phenoxy) is 1. The van der Waals surface area contributed by atoms with E-state index in [-0.39, 0.29) is 11.1 Å². The first-order valence-corrected chi connectivity index (χ1v) is 12.3. The van der Waals surface area contributed by atoms with E-state index >= 15 is 0 Å². The monoisotopic (exact) mass is 481 g/mol. The van der Waals surface area contributed by atoms with Crippen LogP contribution < -0.4 is 10.1 Å². The maximum absolute atomic E-state index is 10.4. The molecular formula is C24H27N5O4S. The Morgan fingerprint density at radius 1 is 1.00 bits per heavy atom. The minimum Gasteiger partial charge on any atom is -0.496 e. The first-order chi connectivity index (χ1) is 16.3. The second-order valence-electron chi connectivity index (χ2n) is 7.93. The number of hydrogen-bond donors (Lipinski definition) is 3. The second-order valence-corrected chi connectivity index (χ2v) is 10.5. The van der Waals surface area contributed by atoms with Crippen LogP contribution in [0, 0.1) is 0 Å². The number of methoxy groups -OCH3 is 1. The van der Waals surface area contributed by atoms with Gasteiger partial charge in [-0.25, -0.2) is 4.98 Å². The summed E-state index contributed by atoms with van der Waals surface area (Å²) in [4.78, 5) is 9.37. The third-order valence-electron chi connectivity index (χ3n) is 5.31. The Morgan fingerprint density at radius 3 is 2.38 bits per heavy atom. The highest BCUT2D eigenvalue weighted by atomic mass is 32.3. The summed E-state index contributed by atoms with van der Waals surface area (Å²) in [5.41, 5.74) is 3.56. The smallest absolute Gasteiger partial charge is 0.268 e. The van der Waals surface area contributed by atoms with Crippen LogP contribution >= 0.6 is 10.6 Å². The molecule has 4 rings (SSSR count). The van der Waals surface area contributed by atoms with Crippen molar-refractivity contribution in [2.45, 2.75) is 30.5 Å². The zero-order valence-corrected chi connectivity index (χ0v) is 20.2. The Kier molecular flexibility index (Phi) is 6.94. The van der Waals surface area contributed by atoms with Crippen molar-refractivity contribution >= 4 is 10.6 Å². The SMILES string of the molecule is CNCc1ccc(-c2nnc(-c3cncc(-c4ccc(S(O)(O)C(C)C)cc4)n3)o2)c(OC)c1. The molecule has 178 valence electrons. The molecule has 0 saturated carbocycles. The van der Waals surface area contributed by atoms with E-state index in [0.717, 1.165) is 11.1 Å². The van der Waals surface area contributed by atoms with E-state index in [1.165, 1.54) is 0 Å². The van der Waals surface area contributed by atoms with Crippen molar-refractivity contribution in [1.82, 2.24) is 25.5 Å². The van der Waals surface area contributed by atoms with Crippen LogP contribution in [0.5, 0.6) is 5.75 Å². The van der Waals surface area contributed by atoms with E-state index in [1.807, 2.05) is 25.2 Å². The van der Waals surface area contributed by atoms with Gasteiger partial charge in [0.05, 0.1) is 35.7 Å². The molecule has 2 aromatic carbocycles. The van der Waals surface area contributed by atoms with Gasteiger partial charge in [-0.3, -0.25) is 14.1 Å². The maximum Gasteiger partial charge on any atom is 0.268 e. The topological polar surface area (TPSA) is 126 Å². The van der Waals surface area contributed by atoms with Crippen LogP contribution in [0.15, 0.2) is 64.2 Å². The molecule has 10 heteroatoms. The highest BCUT2D eigenvalue weighted by Gasteiger charge is 2.20. The van der Waals surface area contributed by atoms with Crippen LogP contribution in [0.2, 0.25) is 0 Å². The molecule has 0 aliphatic carbocycles. The van der Waals surface area contributed by atoms with E-state index in [4.69, 9.17) is 9.15 Å². The summed E-state index contributed by atoms with van der Waals surface area (Å²) in [6.07, 6.45) is 3.18. The zero-order chi connectivity index (χ0) is 24.3. The van der Waals surface area contributed by atoms with Crippen LogP contribution in [0.1, 0.15) is 19.4 Å². The average Bonchev–Trinajstić information content (AvgIpc) is 3.34. The molecule has 0 saturated heterocycles. The largest absolute Gasteiger partial charge is 0.496 e. The Bertz CT molecular complexity index is 1270. The van der Waals surface area contributed by atoms with Crippen molar-refractivity contribution in [3.8, 4) is 40.0 Å². The van der Waals surface area contributed by atoms with Crippen LogP contribution in [-0.2, 0) is 6.54 Å². The summed E-state index contributed by atoms with van der Waals surface area (Å²) < 4.78 is 32.1. The number of rotatable bonds is 8. The Hall–Kier alpha value is -3.31. The molecular weight excluding hydrogens is 454 g/mol. The molecule has 9 nitrogen and oxygen atoms in total. The molecule has 0 radical (unpaired) electrons. The predicted molar refractivity (Wildman–Crippen MR) is 132 cm³/mol. The molecule has 2 aromatic heterocycles. The summed E-state index contributed by atoms with van der Waals surface area (Å²) in [5, 5.41) is 11.2. The van der Waals surface area contributed by atoms with Crippen LogP contribution in [0.25, 0.3) is 34.3 Å². The molecule has 3 N–H and O–H groups in total. The van der Waals surface area contributed by atoms with E-state index in [2.05, 4.69) is 25.5 Å². The minimum atomic E-state index is -2.85. The van der Waals surface area contributed by atoms with E-state index < -0.39 is 10.6 Å². The molecule has 0 aliphatic rings. The lowest BCUT2D eigenvalue weighted by atomic mass is 10.1. The first-order valence-electron chi connectivity index (χ1n) is 10.7. The molecule has 0 amide bonds. The lowest BCUT2D eigenvalue weighted by molar-refractivity contribution is 0.413. The maximum atomic E-state index is 10.4. The fourth-order valence-electron chi connectivity index (χ4n) is 3.37. The first kappa shape index (κ1) is 23.8. The van der Waals surface area contributed by atoms with Gasteiger partial charge in [0.25, 0.3) is 11.8 Å². The van der Waals surface area contributed by atoms with E-state index in [9.17, 15) is 9.11 Å². The predicted octanol–water partition coefficient (Wildman–Crippen LogP) is 5.11. The van der Waals surface area contributed by atoms with Gasteiger partial charge < -0.3 is 14.5 Å². The minimum absolute atomic E-state index is 0.233. The molecule has 34 heavy (non-hydrogen) atoms. The molecule has 0 bridgehead atoms. The normalized spacial score (nSPS) is 12.2. The molecule has 0 unspecified atom stereocenters. The summed E-state index contributed by atoms with van der Waals surface area (Å²) in [6, 6.07) is 12.8. The number of benzene rings is 2. The Labute approximate surface area is 199 Å². The Morgan fingerprint density at radius 2 is 1.71 bits per heavy atom. The highest BCUT2D eigenvalue weighted by molar-refractivity contribution is 8.24. The lowest BCUT2D eigenvalue weighted by Gasteiger charge is -2.36. The summed E-state index contributed by atoms with van der Waals surface area (Å²) in [5.74, 6) is 1.19. The third-order valence-corrected chi connectivity index (χ3v) is 7.59. The van der Waals surface area contributed by atoms with Crippen molar-refractivity contribution in [3.05, 3.63) is 60.4 Å². The van der Waals surface area contributed by atoms with Gasteiger partial charge in [-0.2, -0.15) is 10.6 Å². The van der Waals surface area contributed by atoms with Crippen LogP contribution in [0.4, 0.5) is 0 Å². The molecule has 0 aliphatic heterocycles. The molecule has 4 aromatic rings. The Balaban J connectivity index is 1.61. The van der Waals surface area contributed by atoms with Gasteiger partial charge in [0, 0.05) is 17.4 Å². The zero-order valence-electron chi connectivity index (χ0n) is 19.4. The quantitative estimate of drug-likeness (QED) is 0.315. The standard InChI is InChI=1S/C24H27N5O4S/c1-15(2)34(30,31)18-8-6-17(7-9-18)20-13-26-14-21(27-20)24-29-28-23(33-24)19-10-5-16(12-25-3)11-22(19)32-4/h5-11,13-15,25,30-31H,12H2,1-4H3. The lowest BCUT2D eigenvalue weighted by Crippen LogP contribution is -2.10. The van der Waals surface area contributed by atoms with Crippen molar-refractivity contribution in [1.29, 1.82) is 0 Å². The van der Waals surface area contributed by atoms with Crippen molar-refractivity contribution in [2.24, 2.45) is 0 Å². The van der Waals surface area contributed by atoms with Crippen molar-refractivity contribution in [3.63, 3.8) is 0 Å². The van der Waals surface area contributed by atoms with Gasteiger partial charge in [-0.1, -0.05) is 18.2 Å². The van der Waals surface area contributed by atoms with E-state index in [0.29, 0.717) is 40.0 Å². The van der Waals surface area contributed by atoms with Gasteiger partial charge in [0.1, 0.15) is 11.4 Å². The average molecular weight is 482 g/mol. The summed E-state index contributed by atoms with van der Waals surface area (Å²) >= 11 is 0. The fourth-order valence-corrected chi connectivity index (χ4v) is 4.45. The molecule has 2 heterocycles. The highest BCUT2D eigenvalue weighted by Crippen LogP contribution is 2.52. The van der Waals surface area contributed by atoms with Gasteiger partial charge in [-0.05, 0) is 50.7 Å². The number of hydrogen-bond acceptors (Lipinski definition) is 9. The molecule has 0 spiro atoms. The number of nitrogens with one attached hydrogen (secondary N) is 1. The summed E-state index contributed by atoms with van der Waals surface area (Å²) in [7, 11) is 0.634. The van der Waals surface area contributed by atoms with Crippen LogP contribution in [-0.4, -0.2) is 48.7 Å².